The highest BCUT2D eigenvalue weighted by atomic mass is 19.1. The largest absolute Gasteiger partial charge is 0.494 e. The summed E-state index contributed by atoms with van der Waals surface area (Å²) in [6, 6.07) is 13.5. The summed E-state index contributed by atoms with van der Waals surface area (Å²) in [7, 11) is 1.40. The maximum Gasteiger partial charge on any atom is 0.168 e. The van der Waals surface area contributed by atoms with Crippen molar-refractivity contribution in [3.8, 4) is 11.8 Å². The summed E-state index contributed by atoms with van der Waals surface area (Å²) in [6.07, 6.45) is -0.748. The number of hydrogen-bond donors (Lipinski definition) is 1. The number of ether oxygens (including phenoxy) is 1. The maximum absolute atomic E-state index is 14.0. The molecule has 0 heterocycles. The number of halogens is 1. The Balaban J connectivity index is 2.23. The molecule has 3 nitrogen and oxygen atoms in total. The molecule has 0 aliphatic rings. The highest BCUT2D eigenvalue weighted by Crippen LogP contribution is 2.25. The first-order valence-electron chi connectivity index (χ1n) is 6.15. The zero-order valence-electron chi connectivity index (χ0n) is 11.0. The third kappa shape index (κ3) is 2.95. The fourth-order valence-electron chi connectivity index (χ4n) is 2.01. The minimum atomic E-state index is -0.870. The second kappa shape index (κ2) is 6.18. The van der Waals surface area contributed by atoms with E-state index in [1.54, 1.807) is 36.4 Å². The lowest BCUT2D eigenvalue weighted by molar-refractivity contribution is 0.177. The first kappa shape index (κ1) is 14.0. The molecule has 2 rings (SSSR count). The third-order valence-corrected chi connectivity index (χ3v) is 3.08. The van der Waals surface area contributed by atoms with Crippen LogP contribution in [0.15, 0.2) is 42.5 Å². The van der Waals surface area contributed by atoms with E-state index in [9.17, 15) is 9.50 Å². The van der Waals surface area contributed by atoms with Crippen LogP contribution in [0.25, 0.3) is 0 Å². The smallest absolute Gasteiger partial charge is 0.168 e. The number of benzene rings is 2. The van der Waals surface area contributed by atoms with Gasteiger partial charge in [-0.1, -0.05) is 24.3 Å². The molecule has 1 N–H and O–H groups in total. The van der Waals surface area contributed by atoms with Crippen LogP contribution in [0.1, 0.15) is 22.8 Å². The van der Waals surface area contributed by atoms with Gasteiger partial charge in [0.1, 0.15) is 0 Å². The van der Waals surface area contributed by atoms with Crippen LogP contribution in [0.3, 0.4) is 0 Å². The topological polar surface area (TPSA) is 53.2 Å². The van der Waals surface area contributed by atoms with Crippen molar-refractivity contribution in [2.24, 2.45) is 0 Å². The summed E-state index contributed by atoms with van der Waals surface area (Å²) >= 11 is 0. The van der Waals surface area contributed by atoms with Gasteiger partial charge < -0.3 is 9.84 Å². The molecular weight excluding hydrogens is 257 g/mol. The molecule has 2 aromatic carbocycles. The predicted octanol–water partition coefficient (Wildman–Crippen LogP) is 2.98. The molecule has 0 saturated carbocycles. The normalized spacial score (nSPS) is 11.7. The SMILES string of the molecule is COc1cccc(CC(O)c2cccc(C#N)c2)c1F. The molecule has 0 saturated heterocycles. The predicted molar refractivity (Wildman–Crippen MR) is 72.8 cm³/mol. The van der Waals surface area contributed by atoms with Crippen molar-refractivity contribution in [2.75, 3.05) is 7.11 Å². The van der Waals surface area contributed by atoms with Crippen LogP contribution >= 0.6 is 0 Å². The van der Waals surface area contributed by atoms with Gasteiger partial charge in [0, 0.05) is 6.42 Å². The van der Waals surface area contributed by atoms with E-state index in [0.29, 0.717) is 16.7 Å². The molecule has 0 spiro atoms. The molecule has 0 aromatic heterocycles. The van der Waals surface area contributed by atoms with Crippen LogP contribution in [0, 0.1) is 17.1 Å². The first-order chi connectivity index (χ1) is 9.65. The number of hydrogen-bond acceptors (Lipinski definition) is 3. The van der Waals surface area contributed by atoms with E-state index >= 15 is 0 Å². The highest BCUT2D eigenvalue weighted by molar-refractivity contribution is 5.36. The number of methoxy groups -OCH3 is 1. The molecule has 0 bridgehead atoms. The van der Waals surface area contributed by atoms with Crippen molar-refractivity contribution in [1.29, 1.82) is 5.26 Å². The van der Waals surface area contributed by atoms with Gasteiger partial charge in [0.25, 0.3) is 0 Å². The molecule has 0 fully saturated rings. The Morgan fingerprint density at radius 1 is 1.30 bits per heavy atom. The Bertz CT molecular complexity index is 649. The van der Waals surface area contributed by atoms with Crippen molar-refractivity contribution in [2.45, 2.75) is 12.5 Å². The number of nitrogens with zero attached hydrogens (tertiary/aromatic N) is 1. The van der Waals surface area contributed by atoms with Crippen molar-refractivity contribution < 1.29 is 14.2 Å². The van der Waals surface area contributed by atoms with Crippen LogP contribution < -0.4 is 4.74 Å². The zero-order valence-corrected chi connectivity index (χ0v) is 11.0. The molecule has 1 unspecified atom stereocenters. The van der Waals surface area contributed by atoms with Crippen LogP contribution in [-0.2, 0) is 6.42 Å². The van der Waals surface area contributed by atoms with Crippen molar-refractivity contribution >= 4 is 0 Å². The molecular formula is C16H14FNO2. The fourth-order valence-corrected chi connectivity index (χ4v) is 2.01. The number of aliphatic hydroxyl groups is 1. The van der Waals surface area contributed by atoms with Gasteiger partial charge in [-0.25, -0.2) is 4.39 Å². The van der Waals surface area contributed by atoms with E-state index in [2.05, 4.69) is 0 Å². The van der Waals surface area contributed by atoms with Gasteiger partial charge in [0.05, 0.1) is 24.8 Å². The molecule has 2 aromatic rings. The van der Waals surface area contributed by atoms with Gasteiger partial charge in [-0.2, -0.15) is 5.26 Å². The molecule has 0 amide bonds. The van der Waals surface area contributed by atoms with E-state index in [1.807, 2.05) is 6.07 Å². The van der Waals surface area contributed by atoms with Crippen LogP contribution in [0.4, 0.5) is 4.39 Å². The van der Waals surface area contributed by atoms with E-state index < -0.39 is 11.9 Å². The minimum Gasteiger partial charge on any atom is -0.494 e. The molecule has 0 radical (unpaired) electrons. The number of aliphatic hydroxyl groups excluding tert-OH is 1. The quantitative estimate of drug-likeness (QED) is 0.930. The van der Waals surface area contributed by atoms with Crippen LogP contribution in [0.5, 0.6) is 5.75 Å². The lowest BCUT2D eigenvalue weighted by Crippen LogP contribution is -2.04. The summed E-state index contributed by atoms with van der Waals surface area (Å²) in [5, 5.41) is 19.0. The van der Waals surface area contributed by atoms with Crippen LogP contribution in [-0.4, -0.2) is 12.2 Å². The van der Waals surface area contributed by atoms with E-state index in [4.69, 9.17) is 10.00 Å². The third-order valence-electron chi connectivity index (χ3n) is 3.08. The Morgan fingerprint density at radius 2 is 2.05 bits per heavy atom. The molecule has 1 atom stereocenters. The second-order valence-corrected chi connectivity index (χ2v) is 4.39. The van der Waals surface area contributed by atoms with Crippen LogP contribution in [0.2, 0.25) is 0 Å². The average Bonchev–Trinajstić information content (AvgIpc) is 2.49. The van der Waals surface area contributed by atoms with Gasteiger partial charge in [-0.3, -0.25) is 0 Å². The fraction of sp³-hybridized carbons (Fsp3) is 0.188. The average molecular weight is 271 g/mol. The molecule has 0 aliphatic carbocycles. The Kier molecular flexibility index (Phi) is 4.34. The summed E-state index contributed by atoms with van der Waals surface area (Å²) in [6.45, 7) is 0. The lowest BCUT2D eigenvalue weighted by Gasteiger charge is -2.13. The first-order valence-corrected chi connectivity index (χ1v) is 6.15. The van der Waals surface area contributed by atoms with Gasteiger partial charge >= 0.3 is 0 Å². The zero-order chi connectivity index (χ0) is 14.5. The van der Waals surface area contributed by atoms with Gasteiger partial charge in [-0.05, 0) is 29.3 Å². The molecule has 4 heteroatoms. The molecule has 0 aliphatic heterocycles. The summed E-state index contributed by atoms with van der Waals surface area (Å²) in [5.74, 6) is -0.314. The summed E-state index contributed by atoms with van der Waals surface area (Å²) in [4.78, 5) is 0. The lowest BCUT2D eigenvalue weighted by atomic mass is 9.99. The standard InChI is InChI=1S/C16H14FNO2/c1-20-15-7-3-6-13(16(15)17)9-14(19)12-5-2-4-11(8-12)10-18/h2-8,14,19H,9H2,1H3. The second-order valence-electron chi connectivity index (χ2n) is 4.39. The van der Waals surface area contributed by atoms with Crippen molar-refractivity contribution in [3.63, 3.8) is 0 Å². The Labute approximate surface area is 116 Å². The molecule has 102 valence electrons. The Morgan fingerprint density at radius 3 is 2.75 bits per heavy atom. The number of nitriles is 1. The highest BCUT2D eigenvalue weighted by Gasteiger charge is 2.14. The maximum atomic E-state index is 14.0. The van der Waals surface area contributed by atoms with Crippen molar-refractivity contribution in [1.82, 2.24) is 0 Å². The van der Waals surface area contributed by atoms with Gasteiger partial charge in [0.15, 0.2) is 11.6 Å². The van der Waals surface area contributed by atoms with Gasteiger partial charge in [0.2, 0.25) is 0 Å². The number of rotatable bonds is 4. The van der Waals surface area contributed by atoms with Gasteiger partial charge in [-0.15, -0.1) is 0 Å². The monoisotopic (exact) mass is 271 g/mol. The minimum absolute atomic E-state index is 0.123. The van der Waals surface area contributed by atoms with Crippen molar-refractivity contribution in [3.05, 3.63) is 65.0 Å². The van der Waals surface area contributed by atoms with E-state index in [-0.39, 0.29) is 12.2 Å². The summed E-state index contributed by atoms with van der Waals surface area (Å²) < 4.78 is 18.9. The molecule has 20 heavy (non-hydrogen) atoms. The summed E-state index contributed by atoms with van der Waals surface area (Å²) in [5.41, 5.74) is 1.43. The Hall–Kier alpha value is -2.38. The van der Waals surface area contributed by atoms with E-state index in [1.165, 1.54) is 13.2 Å². The van der Waals surface area contributed by atoms with E-state index in [0.717, 1.165) is 0 Å².